The number of benzene rings is 1. The smallest absolute Gasteiger partial charge is 0.292 e. The highest BCUT2D eigenvalue weighted by Gasteiger charge is 2.25. The van der Waals surface area contributed by atoms with E-state index in [0.29, 0.717) is 76.5 Å². The van der Waals surface area contributed by atoms with Crippen LogP contribution in [-0.2, 0) is 84.6 Å². The average molecular weight is 1230 g/mol. The van der Waals surface area contributed by atoms with Crippen LogP contribution in [0.5, 0.6) is 5.75 Å². The lowest BCUT2D eigenvalue weighted by molar-refractivity contribution is -0.119. The number of Topliss-reactive ketones (excluding diaryl/α,β-unsaturated/α-hetero) is 6. The van der Waals surface area contributed by atoms with Gasteiger partial charge in [0.2, 0.25) is 5.78 Å². The molecule has 26 heteroatoms. The Bertz CT molecular complexity index is 4240. The van der Waals surface area contributed by atoms with Crippen LogP contribution in [0.4, 0.5) is 11.5 Å². The molecule has 0 saturated heterocycles. The van der Waals surface area contributed by atoms with Crippen molar-refractivity contribution in [3.63, 3.8) is 0 Å². The molecule has 0 fully saturated rings. The number of phenolic OH excluding ortho intramolecular Hbond substituents is 1. The number of carbonyl (C=O) groups excluding carboxylic acids is 9. The molecule has 26 nitrogen and oxygen atoms in total. The lowest BCUT2D eigenvalue weighted by Crippen LogP contribution is -2.26. The number of nitrogens with one attached hydrogen (secondary N) is 4. The number of phenols is 1. The van der Waals surface area contributed by atoms with Gasteiger partial charge < -0.3 is 62.9 Å². The van der Waals surface area contributed by atoms with Crippen molar-refractivity contribution >= 4 is 75.0 Å². The first-order valence-corrected chi connectivity index (χ1v) is 29.5. The maximum atomic E-state index is 13.7. The molecule has 0 spiro atoms. The van der Waals surface area contributed by atoms with Crippen LogP contribution >= 0.6 is 0 Å². The van der Waals surface area contributed by atoms with Crippen LogP contribution in [0.2, 0.25) is 0 Å². The van der Waals surface area contributed by atoms with E-state index in [1.54, 1.807) is 144 Å². The average Bonchev–Trinajstić information content (AvgIpc) is 1.64. The number of aromatic hydroxyl groups is 1. The molecule has 1 aromatic carbocycles. The second-order valence-corrected chi connectivity index (χ2v) is 23.1. The summed E-state index contributed by atoms with van der Waals surface area (Å²) in [5.74, 6) is -1.49. The predicted molar refractivity (Wildman–Crippen MR) is 334 cm³/mol. The van der Waals surface area contributed by atoms with E-state index in [2.05, 4.69) is 45.8 Å². The number of unbranched alkanes of at least 4 members (excludes halogenated alkanes) is 1. The van der Waals surface area contributed by atoms with Crippen molar-refractivity contribution in [2.45, 2.75) is 77.0 Å². The van der Waals surface area contributed by atoms with Gasteiger partial charge >= 0.3 is 0 Å². The fourth-order valence-electron chi connectivity index (χ4n) is 10.9. The van der Waals surface area contributed by atoms with Gasteiger partial charge in [0.25, 0.3) is 17.7 Å². The van der Waals surface area contributed by atoms with E-state index < -0.39 is 17.7 Å². The Morgan fingerprint density at radius 3 is 1.78 bits per heavy atom. The van der Waals surface area contributed by atoms with Crippen molar-refractivity contribution in [3.8, 4) is 17.4 Å². The van der Waals surface area contributed by atoms with Crippen LogP contribution < -0.4 is 16.0 Å². The van der Waals surface area contributed by atoms with Crippen LogP contribution in [0.25, 0.3) is 22.7 Å². The molecule has 0 saturated carbocycles. The summed E-state index contributed by atoms with van der Waals surface area (Å²) in [6.07, 6.45) is 16.9. The van der Waals surface area contributed by atoms with Crippen LogP contribution in [-0.4, -0.2) is 147 Å². The minimum absolute atomic E-state index is 0.00737. The number of rotatable bonds is 31. The van der Waals surface area contributed by atoms with Gasteiger partial charge in [-0.3, -0.25) is 43.2 Å². The number of carbonyl (C=O) groups is 9. The lowest BCUT2D eigenvalue weighted by Gasteiger charge is -2.08. The van der Waals surface area contributed by atoms with Crippen LogP contribution in [0.1, 0.15) is 147 Å². The quantitative estimate of drug-likeness (QED) is 0.0237. The molecule has 8 heterocycles. The number of imidazole rings is 4. The SMILES string of the molecule is CN(C)CCCCC(=O)CCCC(=O)c1cc(CC(=O)c2cc(CC(=O)c3cc(CC(=O)c4nc(CC(=O)CCCNC(=O)c5cc(NC(=O)c6ccc7[nH]c(-c8nc(NC(=O)c9nccn9C)cn8C)nc7c6O)cn5C)cn4C)cn3C)cn2C)cn1C. The number of nitrogens with zero attached hydrogens (tertiary/aromatic N) is 12. The van der Waals surface area contributed by atoms with Crippen molar-refractivity contribution in [1.82, 2.24) is 67.1 Å². The summed E-state index contributed by atoms with van der Waals surface area (Å²) in [4.78, 5) is 142. The highest BCUT2D eigenvalue weighted by Crippen LogP contribution is 2.31. The Kier molecular flexibility index (Phi) is 19.8. The minimum atomic E-state index is -0.658. The van der Waals surface area contributed by atoms with Gasteiger partial charge in [0.05, 0.1) is 46.0 Å². The number of aromatic amines is 1. The second kappa shape index (κ2) is 27.8. The Morgan fingerprint density at radius 1 is 0.533 bits per heavy atom. The molecule has 0 bridgehead atoms. The molecule has 470 valence electrons. The van der Waals surface area contributed by atoms with Gasteiger partial charge in [-0.1, -0.05) is 0 Å². The third-order valence-electron chi connectivity index (χ3n) is 15.5. The maximum absolute atomic E-state index is 13.7. The molecule has 0 aliphatic rings. The second-order valence-electron chi connectivity index (χ2n) is 23.1. The Labute approximate surface area is 518 Å². The molecular formula is C64H74N16O10. The van der Waals surface area contributed by atoms with Gasteiger partial charge in [-0.2, -0.15) is 0 Å². The van der Waals surface area contributed by atoms with Crippen LogP contribution in [0.3, 0.4) is 0 Å². The summed E-state index contributed by atoms with van der Waals surface area (Å²) in [5.41, 5.74) is 4.57. The Hall–Kier alpha value is -10.4. The van der Waals surface area contributed by atoms with E-state index in [9.17, 15) is 48.3 Å². The van der Waals surface area contributed by atoms with Crippen molar-refractivity contribution in [1.29, 1.82) is 0 Å². The first-order valence-electron chi connectivity index (χ1n) is 29.5. The standard InChI is InChI=1S/C64H74N16O10/c1-73(2)22-11-10-14-43(81)15-12-17-51(83)47-24-38(32-75(47)4)27-52(84)48-25-39(33-76(48)5)28-53(85)49-26-40(34-77(49)6)29-54(86)59-67-41(36-79(59)8)30-44(82)16-13-20-66-63(89)50-31-42(35-78(50)7)68-62(88)45-18-19-46-56(57(45)87)72-58(69-46)60-70-55(37-80(60)9)71-64(90)61-65-21-23-74(61)3/h18-19,21,23-26,31-37,87H,10-17,20,22,27-30H2,1-9H3,(H,66,89)(H,68,88)(H,69,72)(H,71,90). The number of hydrogen-bond donors (Lipinski definition) is 5. The monoisotopic (exact) mass is 1230 g/mol. The molecule has 0 aliphatic heterocycles. The number of aromatic nitrogens is 12. The number of ketones is 6. The summed E-state index contributed by atoms with van der Waals surface area (Å²) in [6, 6.07) is 9.59. The number of amides is 3. The van der Waals surface area contributed by atoms with Crippen LogP contribution in [0.15, 0.2) is 86.0 Å². The van der Waals surface area contributed by atoms with Crippen molar-refractivity contribution < 1.29 is 48.3 Å². The molecule has 90 heavy (non-hydrogen) atoms. The zero-order valence-electron chi connectivity index (χ0n) is 52.0. The molecule has 9 aromatic rings. The van der Waals surface area contributed by atoms with Gasteiger partial charge in [0.15, 0.2) is 52.2 Å². The van der Waals surface area contributed by atoms with Gasteiger partial charge in [-0.05, 0) is 99.4 Å². The molecule has 0 unspecified atom stereocenters. The van der Waals surface area contributed by atoms with E-state index in [-0.39, 0.29) is 131 Å². The fourth-order valence-corrected chi connectivity index (χ4v) is 10.9. The summed E-state index contributed by atoms with van der Waals surface area (Å²) in [5, 5.41) is 19.5. The predicted octanol–water partition coefficient (Wildman–Crippen LogP) is 6.25. The maximum Gasteiger partial charge on any atom is 0.292 e. The zero-order valence-corrected chi connectivity index (χ0v) is 52.0. The normalized spacial score (nSPS) is 11.4. The summed E-state index contributed by atoms with van der Waals surface area (Å²) in [7, 11) is 15.9. The topological polar surface area (TPSA) is 315 Å². The van der Waals surface area contributed by atoms with Crippen molar-refractivity contribution in [2.24, 2.45) is 49.3 Å². The molecule has 8 aromatic heterocycles. The molecular weight excluding hydrogens is 1150 g/mol. The van der Waals surface area contributed by atoms with Crippen molar-refractivity contribution in [2.75, 3.05) is 37.8 Å². The highest BCUT2D eigenvalue weighted by atomic mass is 16.3. The number of fused-ring (bicyclic) bond motifs is 1. The number of H-pyrrole nitrogens is 1. The first kappa shape index (κ1) is 64.1. The number of anilines is 2. The molecule has 9 rings (SSSR count). The van der Waals surface area contributed by atoms with E-state index in [4.69, 9.17) is 0 Å². The van der Waals surface area contributed by atoms with E-state index >= 15 is 0 Å². The van der Waals surface area contributed by atoms with Crippen LogP contribution in [0, 0.1) is 0 Å². The largest absolute Gasteiger partial charge is 0.505 e. The summed E-state index contributed by atoms with van der Waals surface area (Å²) >= 11 is 0. The molecule has 0 aliphatic carbocycles. The fraction of sp³-hybridized carbons (Fsp3) is 0.359. The molecule has 0 radical (unpaired) electrons. The highest BCUT2D eigenvalue weighted by molar-refractivity contribution is 6.10. The van der Waals surface area contributed by atoms with Gasteiger partial charge in [0, 0.05) is 150 Å². The van der Waals surface area contributed by atoms with E-state index in [0.717, 1.165) is 19.4 Å². The van der Waals surface area contributed by atoms with Crippen molar-refractivity contribution in [3.05, 3.63) is 148 Å². The third-order valence-corrected chi connectivity index (χ3v) is 15.5. The van der Waals surface area contributed by atoms with Gasteiger partial charge in [-0.15, -0.1) is 0 Å². The summed E-state index contributed by atoms with van der Waals surface area (Å²) in [6.45, 7) is 1.10. The minimum Gasteiger partial charge on any atom is -0.505 e. The van der Waals surface area contributed by atoms with E-state index in [1.807, 2.05) is 14.1 Å². The number of aryl methyl sites for hydroxylation is 7. The molecule has 5 N–H and O–H groups in total. The number of hydrogen-bond acceptors (Lipinski definition) is 15. The van der Waals surface area contributed by atoms with E-state index in [1.165, 1.54) is 22.9 Å². The molecule has 0 atom stereocenters. The lowest BCUT2D eigenvalue weighted by atomic mass is 10.0. The van der Waals surface area contributed by atoms with Gasteiger partial charge in [0.1, 0.15) is 22.8 Å². The molecule has 3 amide bonds. The Morgan fingerprint density at radius 2 is 1.14 bits per heavy atom. The Balaban J connectivity index is 0.701. The zero-order chi connectivity index (χ0) is 64.7. The summed E-state index contributed by atoms with van der Waals surface area (Å²) < 4.78 is 11.4. The first-order chi connectivity index (χ1) is 42.9. The third kappa shape index (κ3) is 15.3. The van der Waals surface area contributed by atoms with Gasteiger partial charge in [-0.25, -0.2) is 19.9 Å².